The molecule has 4 aromatic rings. The van der Waals surface area contributed by atoms with E-state index in [2.05, 4.69) is 34.7 Å². The lowest BCUT2D eigenvalue weighted by molar-refractivity contribution is 0.143. The number of phenolic OH excluding ortho intramolecular Hbond substituents is 1. The highest BCUT2D eigenvalue weighted by molar-refractivity contribution is 5.79. The van der Waals surface area contributed by atoms with Crippen LogP contribution in [-0.4, -0.2) is 29.5 Å². The molecule has 170 valence electrons. The Balaban J connectivity index is 1.12. The van der Waals surface area contributed by atoms with Gasteiger partial charge in [0.1, 0.15) is 12.4 Å². The number of hydrogen-bond acceptors (Lipinski definition) is 5. The molecule has 0 atom stereocenters. The maximum Gasteiger partial charge on any atom is 0.407 e. The van der Waals surface area contributed by atoms with Crippen molar-refractivity contribution in [3.8, 4) is 28.2 Å². The van der Waals surface area contributed by atoms with Crippen LogP contribution in [0.2, 0.25) is 0 Å². The average Bonchev–Trinajstić information content (AvgIpc) is 3.50. The zero-order valence-electron chi connectivity index (χ0n) is 18.5. The molecule has 0 spiro atoms. The monoisotopic (exact) mass is 452 g/mol. The first-order chi connectivity index (χ1) is 16.7. The molecule has 1 aliphatic rings. The molecule has 1 aromatic heterocycles. The molecule has 3 aromatic carbocycles. The number of hydrogen-bond donors (Lipinski definition) is 2. The number of nitrogens with zero attached hydrogens (tertiary/aromatic N) is 1. The van der Waals surface area contributed by atoms with Gasteiger partial charge in [-0.2, -0.15) is 0 Å². The third-order valence-electron chi connectivity index (χ3n) is 5.96. The highest BCUT2D eigenvalue weighted by atomic mass is 16.5. The van der Waals surface area contributed by atoms with Crippen molar-refractivity contribution in [2.45, 2.75) is 12.3 Å². The number of aromatic hydroxyl groups is 1. The van der Waals surface area contributed by atoms with Crippen LogP contribution in [0.15, 0.2) is 89.6 Å². The van der Waals surface area contributed by atoms with Crippen molar-refractivity contribution >= 4 is 12.2 Å². The Kier molecular flexibility index (Phi) is 6.12. The Bertz CT molecular complexity index is 1280. The Hall–Kier alpha value is -4.32. The molecule has 6 nitrogen and oxygen atoms in total. The Labute approximate surface area is 197 Å². The third kappa shape index (κ3) is 4.43. The lowest BCUT2D eigenvalue weighted by atomic mass is 9.98. The van der Waals surface area contributed by atoms with Gasteiger partial charge in [-0.15, -0.1) is 0 Å². The summed E-state index contributed by atoms with van der Waals surface area (Å²) in [5.74, 6) is 0.682. The topological polar surface area (TPSA) is 84.6 Å². The van der Waals surface area contributed by atoms with Crippen molar-refractivity contribution in [2.24, 2.45) is 0 Å². The van der Waals surface area contributed by atoms with Gasteiger partial charge in [0.2, 0.25) is 0 Å². The number of phenols is 1. The fraction of sp³-hybridized carbons (Fsp3) is 0.143. The molecule has 6 heteroatoms. The van der Waals surface area contributed by atoms with Gasteiger partial charge in [-0.1, -0.05) is 71.9 Å². The number of amides is 1. The van der Waals surface area contributed by atoms with Crippen molar-refractivity contribution < 1.29 is 19.2 Å². The van der Waals surface area contributed by atoms with E-state index in [4.69, 9.17) is 9.26 Å². The van der Waals surface area contributed by atoms with E-state index in [1.807, 2.05) is 48.6 Å². The van der Waals surface area contributed by atoms with Gasteiger partial charge in [0.05, 0.1) is 11.8 Å². The van der Waals surface area contributed by atoms with Crippen molar-refractivity contribution in [2.75, 3.05) is 13.2 Å². The molecule has 1 heterocycles. The van der Waals surface area contributed by atoms with Gasteiger partial charge in [0, 0.05) is 18.5 Å². The molecule has 1 amide bonds. The van der Waals surface area contributed by atoms with Crippen LogP contribution in [0.3, 0.4) is 0 Å². The predicted octanol–water partition coefficient (Wildman–Crippen LogP) is 5.99. The number of aromatic nitrogens is 1. The molecule has 1 aliphatic carbocycles. The van der Waals surface area contributed by atoms with Gasteiger partial charge >= 0.3 is 6.09 Å². The van der Waals surface area contributed by atoms with Crippen LogP contribution in [-0.2, 0) is 4.74 Å². The first kappa shape index (κ1) is 21.5. The minimum atomic E-state index is -0.424. The lowest BCUT2D eigenvalue weighted by Crippen LogP contribution is -2.26. The smallest absolute Gasteiger partial charge is 0.407 e. The normalized spacial score (nSPS) is 12.5. The summed E-state index contributed by atoms with van der Waals surface area (Å²) in [4.78, 5) is 12.3. The van der Waals surface area contributed by atoms with Gasteiger partial charge in [-0.25, -0.2) is 4.79 Å². The maximum atomic E-state index is 12.3. The zero-order chi connectivity index (χ0) is 23.3. The number of carbonyl (C=O) groups is 1. The Morgan fingerprint density at radius 2 is 1.74 bits per heavy atom. The SMILES string of the molecule is O=C(NCCC=Cc1ccc(O)c(-c2ccno2)c1)OCC1c2ccccc2-c2ccccc21. The van der Waals surface area contributed by atoms with Gasteiger partial charge in [0.25, 0.3) is 0 Å². The summed E-state index contributed by atoms with van der Waals surface area (Å²) in [6, 6.07) is 23.5. The second-order valence-corrected chi connectivity index (χ2v) is 8.10. The molecule has 5 rings (SSSR count). The van der Waals surface area contributed by atoms with Crippen LogP contribution in [0.5, 0.6) is 5.75 Å². The summed E-state index contributed by atoms with van der Waals surface area (Å²) in [5.41, 5.74) is 6.29. The molecule has 2 N–H and O–H groups in total. The van der Waals surface area contributed by atoms with E-state index in [1.54, 1.807) is 12.1 Å². The molecule has 0 radical (unpaired) electrons. The Morgan fingerprint density at radius 1 is 1.00 bits per heavy atom. The average molecular weight is 453 g/mol. The van der Waals surface area contributed by atoms with Crippen LogP contribution < -0.4 is 5.32 Å². The van der Waals surface area contributed by atoms with Crippen LogP contribution in [0.25, 0.3) is 28.5 Å². The number of alkyl carbamates (subject to hydrolysis) is 1. The first-order valence-corrected chi connectivity index (χ1v) is 11.2. The largest absolute Gasteiger partial charge is 0.507 e. The van der Waals surface area contributed by atoms with Gasteiger partial charge in [-0.3, -0.25) is 0 Å². The van der Waals surface area contributed by atoms with E-state index < -0.39 is 6.09 Å². The summed E-state index contributed by atoms with van der Waals surface area (Å²) < 4.78 is 10.7. The van der Waals surface area contributed by atoms with E-state index >= 15 is 0 Å². The van der Waals surface area contributed by atoms with E-state index in [0.717, 1.165) is 5.56 Å². The predicted molar refractivity (Wildman–Crippen MR) is 130 cm³/mol. The molecule has 0 saturated heterocycles. The number of rotatable bonds is 7. The molecular weight excluding hydrogens is 428 g/mol. The second kappa shape index (κ2) is 9.67. The summed E-state index contributed by atoms with van der Waals surface area (Å²) >= 11 is 0. The molecule has 0 unspecified atom stereocenters. The van der Waals surface area contributed by atoms with E-state index in [0.29, 0.717) is 30.9 Å². The highest BCUT2D eigenvalue weighted by Crippen LogP contribution is 2.44. The number of fused-ring (bicyclic) bond motifs is 3. The molecule has 0 aliphatic heterocycles. The van der Waals surface area contributed by atoms with Crippen molar-refractivity contribution in [1.82, 2.24) is 10.5 Å². The quantitative estimate of drug-likeness (QED) is 0.337. The van der Waals surface area contributed by atoms with Crippen molar-refractivity contribution in [3.63, 3.8) is 0 Å². The van der Waals surface area contributed by atoms with Crippen molar-refractivity contribution in [1.29, 1.82) is 0 Å². The number of ether oxygens (including phenoxy) is 1. The fourth-order valence-electron chi connectivity index (χ4n) is 4.34. The number of carbonyl (C=O) groups excluding carboxylic acids is 1. The van der Waals surface area contributed by atoms with Crippen LogP contribution in [0, 0.1) is 0 Å². The number of nitrogens with one attached hydrogen (secondary N) is 1. The van der Waals surface area contributed by atoms with Gasteiger partial charge in [-0.05, 0) is 46.4 Å². The zero-order valence-corrected chi connectivity index (χ0v) is 18.5. The van der Waals surface area contributed by atoms with Crippen LogP contribution in [0.4, 0.5) is 4.79 Å². The minimum absolute atomic E-state index is 0.0473. The van der Waals surface area contributed by atoms with Crippen molar-refractivity contribution in [3.05, 3.63) is 102 Å². The molecular formula is C28H24N2O4. The highest BCUT2D eigenvalue weighted by Gasteiger charge is 2.28. The van der Waals surface area contributed by atoms with Crippen LogP contribution >= 0.6 is 0 Å². The van der Waals surface area contributed by atoms with Crippen LogP contribution in [0.1, 0.15) is 29.0 Å². The van der Waals surface area contributed by atoms with Gasteiger partial charge in [0.15, 0.2) is 5.76 Å². The summed E-state index contributed by atoms with van der Waals surface area (Å²) in [6.45, 7) is 0.758. The van der Waals surface area contributed by atoms with Gasteiger partial charge < -0.3 is 19.7 Å². The summed E-state index contributed by atoms with van der Waals surface area (Å²) in [7, 11) is 0. The third-order valence-corrected chi connectivity index (χ3v) is 5.96. The van der Waals surface area contributed by atoms with E-state index in [-0.39, 0.29) is 11.7 Å². The maximum absolute atomic E-state index is 12.3. The first-order valence-electron chi connectivity index (χ1n) is 11.2. The molecule has 0 fully saturated rings. The minimum Gasteiger partial charge on any atom is -0.507 e. The molecule has 34 heavy (non-hydrogen) atoms. The van der Waals surface area contributed by atoms with E-state index in [9.17, 15) is 9.90 Å². The summed E-state index contributed by atoms with van der Waals surface area (Å²) in [5, 5.41) is 16.5. The fourth-order valence-corrected chi connectivity index (χ4v) is 4.34. The molecule has 0 saturated carbocycles. The summed E-state index contributed by atoms with van der Waals surface area (Å²) in [6.07, 6.45) is 5.64. The second-order valence-electron chi connectivity index (χ2n) is 8.10. The molecule has 0 bridgehead atoms. The lowest BCUT2D eigenvalue weighted by Gasteiger charge is -2.14. The standard InChI is InChI=1S/C28H24N2O4/c31-26-13-12-19(17-24(26)27-14-16-30-34-27)7-5-6-15-29-28(32)33-18-25-22-10-3-1-8-20(22)21-9-2-4-11-23(21)25/h1-5,7-14,16-17,25,31H,6,15,18H2,(H,29,32). The van der Waals surface area contributed by atoms with E-state index in [1.165, 1.54) is 28.5 Å². The Morgan fingerprint density at radius 3 is 2.44 bits per heavy atom. The number of benzene rings is 3.